The Labute approximate surface area is 118 Å². The Kier molecular flexibility index (Phi) is 3.99. The molecular weight excluding hydrogens is 264 g/mol. The van der Waals surface area contributed by atoms with Crippen LogP contribution in [0.15, 0.2) is 0 Å². The number of likely N-dealkylation sites (tertiary alicyclic amines) is 1. The highest BCUT2D eigenvalue weighted by Crippen LogP contribution is 2.46. The SMILES string of the molecule is CSC1(CNC(=O)N2CCC(C)(C(=O)O)CC2)CC1. The lowest BCUT2D eigenvalue weighted by Crippen LogP contribution is -2.49. The van der Waals surface area contributed by atoms with Crippen molar-refractivity contribution >= 4 is 23.8 Å². The van der Waals surface area contributed by atoms with Gasteiger partial charge in [-0.1, -0.05) is 0 Å². The fraction of sp³-hybridized carbons (Fsp3) is 0.846. The highest BCUT2D eigenvalue weighted by atomic mass is 32.2. The van der Waals surface area contributed by atoms with Crippen molar-refractivity contribution in [3.8, 4) is 0 Å². The Hall–Kier alpha value is -0.910. The van der Waals surface area contributed by atoms with Crippen molar-refractivity contribution in [1.29, 1.82) is 0 Å². The number of urea groups is 1. The van der Waals surface area contributed by atoms with E-state index in [2.05, 4.69) is 11.6 Å². The van der Waals surface area contributed by atoms with Crippen molar-refractivity contribution in [2.45, 2.75) is 37.4 Å². The summed E-state index contributed by atoms with van der Waals surface area (Å²) in [5.41, 5.74) is -0.673. The Morgan fingerprint density at radius 1 is 1.26 bits per heavy atom. The zero-order chi connectivity index (χ0) is 14.1. The molecule has 2 aliphatic rings. The number of hydrogen-bond donors (Lipinski definition) is 2. The summed E-state index contributed by atoms with van der Waals surface area (Å²) in [4.78, 5) is 24.9. The van der Waals surface area contributed by atoms with Gasteiger partial charge in [0.25, 0.3) is 0 Å². The molecule has 1 saturated heterocycles. The molecule has 0 aromatic rings. The van der Waals surface area contributed by atoms with E-state index in [1.165, 1.54) is 12.8 Å². The van der Waals surface area contributed by atoms with E-state index in [1.54, 1.807) is 11.8 Å². The average molecular weight is 286 g/mol. The number of piperidine rings is 1. The number of rotatable bonds is 4. The van der Waals surface area contributed by atoms with Gasteiger partial charge < -0.3 is 15.3 Å². The predicted molar refractivity (Wildman–Crippen MR) is 75.4 cm³/mol. The second kappa shape index (κ2) is 5.23. The van der Waals surface area contributed by atoms with Gasteiger partial charge in [0.2, 0.25) is 0 Å². The number of aliphatic carboxylic acids is 1. The monoisotopic (exact) mass is 286 g/mol. The second-order valence-electron chi connectivity index (χ2n) is 5.90. The Balaban J connectivity index is 1.78. The molecule has 0 aromatic carbocycles. The Morgan fingerprint density at radius 2 is 1.84 bits per heavy atom. The summed E-state index contributed by atoms with van der Waals surface area (Å²) in [6.07, 6.45) is 5.49. The summed E-state index contributed by atoms with van der Waals surface area (Å²) in [6.45, 7) is 3.54. The van der Waals surface area contributed by atoms with Crippen LogP contribution in [-0.2, 0) is 4.79 Å². The molecule has 1 aliphatic heterocycles. The van der Waals surface area contributed by atoms with E-state index in [0.29, 0.717) is 25.9 Å². The van der Waals surface area contributed by atoms with Gasteiger partial charge in [0, 0.05) is 24.4 Å². The molecule has 0 spiro atoms. The number of carboxylic acids is 1. The standard InChI is InChI=1S/C13H22N2O3S/c1-12(10(16)17)5-7-15(8-6-12)11(18)14-9-13(19-2)3-4-13/h3-9H2,1-2H3,(H,14,18)(H,16,17). The van der Waals surface area contributed by atoms with Crippen LogP contribution in [-0.4, -0.2) is 52.6 Å². The molecule has 2 fully saturated rings. The van der Waals surface area contributed by atoms with Crippen LogP contribution in [0.3, 0.4) is 0 Å². The first kappa shape index (κ1) is 14.5. The number of carbonyl (C=O) groups excluding carboxylic acids is 1. The largest absolute Gasteiger partial charge is 0.481 e. The van der Waals surface area contributed by atoms with Crippen molar-refractivity contribution in [2.24, 2.45) is 5.41 Å². The van der Waals surface area contributed by atoms with Crippen LogP contribution in [0.2, 0.25) is 0 Å². The molecule has 1 aliphatic carbocycles. The summed E-state index contributed by atoms with van der Waals surface area (Å²) in [6, 6.07) is -0.0484. The van der Waals surface area contributed by atoms with E-state index in [-0.39, 0.29) is 10.8 Å². The van der Waals surface area contributed by atoms with E-state index in [1.807, 2.05) is 11.8 Å². The van der Waals surface area contributed by atoms with E-state index < -0.39 is 11.4 Å². The molecule has 19 heavy (non-hydrogen) atoms. The molecular formula is C13H22N2O3S. The summed E-state index contributed by atoms with van der Waals surface area (Å²) in [7, 11) is 0. The van der Waals surface area contributed by atoms with E-state index in [4.69, 9.17) is 5.11 Å². The molecule has 0 bridgehead atoms. The highest BCUT2D eigenvalue weighted by Gasteiger charge is 2.43. The molecule has 1 heterocycles. The van der Waals surface area contributed by atoms with Crippen molar-refractivity contribution < 1.29 is 14.7 Å². The highest BCUT2D eigenvalue weighted by molar-refractivity contribution is 8.00. The van der Waals surface area contributed by atoms with Crippen molar-refractivity contribution in [3.05, 3.63) is 0 Å². The predicted octanol–water partition coefficient (Wildman–Crippen LogP) is 1.78. The molecule has 0 aromatic heterocycles. The molecule has 2 amide bonds. The maximum atomic E-state index is 12.0. The minimum atomic E-state index is -0.758. The van der Waals surface area contributed by atoms with Gasteiger partial charge in [0.15, 0.2) is 0 Å². The summed E-state index contributed by atoms with van der Waals surface area (Å²) in [5.74, 6) is -0.758. The average Bonchev–Trinajstić information content (AvgIpc) is 3.17. The van der Waals surface area contributed by atoms with Crippen molar-refractivity contribution in [3.63, 3.8) is 0 Å². The Bertz CT molecular complexity index is 374. The van der Waals surface area contributed by atoms with Gasteiger partial charge >= 0.3 is 12.0 Å². The third-order valence-electron chi connectivity index (χ3n) is 4.47. The normalized spacial score (nSPS) is 23.8. The van der Waals surface area contributed by atoms with Gasteiger partial charge in [0.1, 0.15) is 0 Å². The lowest BCUT2D eigenvalue weighted by atomic mass is 9.80. The zero-order valence-electron chi connectivity index (χ0n) is 11.6. The van der Waals surface area contributed by atoms with Crippen LogP contribution >= 0.6 is 11.8 Å². The third kappa shape index (κ3) is 3.16. The van der Waals surface area contributed by atoms with Gasteiger partial charge in [-0.3, -0.25) is 4.79 Å². The second-order valence-corrected chi connectivity index (χ2v) is 7.17. The number of carbonyl (C=O) groups is 2. The molecule has 2 rings (SSSR count). The first-order valence-electron chi connectivity index (χ1n) is 6.72. The van der Waals surface area contributed by atoms with Crippen molar-refractivity contribution in [1.82, 2.24) is 10.2 Å². The van der Waals surface area contributed by atoms with Crippen LogP contribution in [0.5, 0.6) is 0 Å². The minimum absolute atomic E-state index is 0.0484. The molecule has 0 atom stereocenters. The molecule has 0 unspecified atom stereocenters. The maximum Gasteiger partial charge on any atom is 0.317 e. The van der Waals surface area contributed by atoms with Crippen LogP contribution in [0.1, 0.15) is 32.6 Å². The van der Waals surface area contributed by atoms with Gasteiger partial charge in [-0.25, -0.2) is 4.79 Å². The van der Waals surface area contributed by atoms with Crippen molar-refractivity contribution in [2.75, 3.05) is 25.9 Å². The summed E-state index contributed by atoms with van der Waals surface area (Å²) in [5, 5.41) is 12.1. The summed E-state index contributed by atoms with van der Waals surface area (Å²) >= 11 is 1.82. The van der Waals surface area contributed by atoms with E-state index >= 15 is 0 Å². The number of thioether (sulfide) groups is 1. The Morgan fingerprint density at radius 3 is 2.26 bits per heavy atom. The van der Waals surface area contributed by atoms with Crippen LogP contribution in [0.4, 0.5) is 4.79 Å². The van der Waals surface area contributed by atoms with Gasteiger partial charge in [-0.2, -0.15) is 11.8 Å². The fourth-order valence-electron chi connectivity index (χ4n) is 2.36. The van der Waals surface area contributed by atoms with E-state index in [0.717, 1.165) is 6.54 Å². The smallest absolute Gasteiger partial charge is 0.317 e. The number of carboxylic acid groups (broad SMARTS) is 1. The first-order chi connectivity index (χ1) is 8.91. The molecule has 5 nitrogen and oxygen atoms in total. The number of nitrogens with one attached hydrogen (secondary N) is 1. The number of hydrogen-bond acceptors (Lipinski definition) is 3. The summed E-state index contributed by atoms with van der Waals surface area (Å²) < 4.78 is 0.265. The molecule has 0 radical (unpaired) electrons. The lowest BCUT2D eigenvalue weighted by Gasteiger charge is -2.36. The van der Waals surface area contributed by atoms with Crippen LogP contribution < -0.4 is 5.32 Å². The van der Waals surface area contributed by atoms with Gasteiger partial charge in [-0.05, 0) is 38.9 Å². The zero-order valence-corrected chi connectivity index (χ0v) is 12.4. The van der Waals surface area contributed by atoms with E-state index in [9.17, 15) is 9.59 Å². The molecule has 6 heteroatoms. The van der Waals surface area contributed by atoms with Crippen LogP contribution in [0.25, 0.3) is 0 Å². The van der Waals surface area contributed by atoms with Crippen LogP contribution in [0, 0.1) is 5.41 Å². The third-order valence-corrected chi connectivity index (χ3v) is 5.89. The maximum absolute atomic E-state index is 12.0. The molecule has 1 saturated carbocycles. The first-order valence-corrected chi connectivity index (χ1v) is 7.95. The molecule has 2 N–H and O–H groups in total. The topological polar surface area (TPSA) is 69.6 Å². The minimum Gasteiger partial charge on any atom is -0.481 e. The quantitative estimate of drug-likeness (QED) is 0.826. The van der Waals surface area contributed by atoms with Gasteiger partial charge in [0.05, 0.1) is 5.41 Å². The van der Waals surface area contributed by atoms with Gasteiger partial charge in [-0.15, -0.1) is 0 Å². The lowest BCUT2D eigenvalue weighted by molar-refractivity contribution is -0.150. The number of nitrogens with zero attached hydrogens (tertiary/aromatic N) is 1. The molecule has 108 valence electrons. The number of amides is 2. The fourth-order valence-corrected chi connectivity index (χ4v) is 3.09.